The lowest BCUT2D eigenvalue weighted by atomic mass is 10.2. The maximum absolute atomic E-state index is 13.0. The summed E-state index contributed by atoms with van der Waals surface area (Å²) in [6.07, 6.45) is 2.86. The molecule has 0 spiro atoms. The first kappa shape index (κ1) is 10.4. The predicted molar refractivity (Wildman–Crippen MR) is 57.7 cm³/mol. The second-order valence-electron chi connectivity index (χ2n) is 3.31. The van der Waals surface area contributed by atoms with Crippen molar-refractivity contribution in [3.63, 3.8) is 0 Å². The molecule has 0 bridgehead atoms. The lowest BCUT2D eigenvalue weighted by Gasteiger charge is -2.06. The minimum atomic E-state index is -0.365. The quantitative estimate of drug-likeness (QED) is 0.841. The number of hydrogen-bond donors (Lipinski definition) is 1. The molecule has 2 aromatic rings. The number of nitrogens with two attached hydrogens (primary N) is 1. The predicted octanol–water partition coefficient (Wildman–Crippen LogP) is 2.30. The summed E-state index contributed by atoms with van der Waals surface area (Å²) in [5.74, 6) is 0.0285. The molecule has 0 amide bonds. The second-order valence-corrected chi connectivity index (χ2v) is 3.31. The third kappa shape index (κ3) is 2.25. The standard InChI is InChI=1S/C11H10FN3O/c1-7-2-3-8(12)4-10(7)16-11-14-5-9(13)6-15-11/h2-6H,13H2,1H3. The van der Waals surface area contributed by atoms with Crippen molar-refractivity contribution in [1.82, 2.24) is 9.97 Å². The highest BCUT2D eigenvalue weighted by Gasteiger charge is 2.04. The monoisotopic (exact) mass is 219 g/mol. The molecule has 0 radical (unpaired) electrons. The second kappa shape index (κ2) is 4.14. The van der Waals surface area contributed by atoms with Crippen LogP contribution in [0.1, 0.15) is 5.56 Å². The van der Waals surface area contributed by atoms with Gasteiger partial charge in [-0.3, -0.25) is 0 Å². The Morgan fingerprint density at radius 1 is 1.25 bits per heavy atom. The van der Waals surface area contributed by atoms with Crippen molar-refractivity contribution >= 4 is 5.69 Å². The van der Waals surface area contributed by atoms with Crippen molar-refractivity contribution < 1.29 is 9.13 Å². The molecule has 1 aromatic carbocycles. The summed E-state index contributed by atoms with van der Waals surface area (Å²) in [5, 5.41) is 0. The molecule has 82 valence electrons. The van der Waals surface area contributed by atoms with E-state index in [1.807, 2.05) is 6.92 Å². The fraction of sp³-hybridized carbons (Fsp3) is 0.0909. The lowest BCUT2D eigenvalue weighted by Crippen LogP contribution is -1.95. The molecule has 0 saturated heterocycles. The number of nitrogen functional groups attached to an aromatic ring is 1. The Morgan fingerprint density at radius 3 is 2.62 bits per heavy atom. The van der Waals surface area contributed by atoms with Gasteiger partial charge in [0.1, 0.15) is 11.6 Å². The summed E-state index contributed by atoms with van der Waals surface area (Å²) in [6, 6.07) is 4.42. The van der Waals surface area contributed by atoms with E-state index in [0.717, 1.165) is 5.56 Å². The van der Waals surface area contributed by atoms with Crippen molar-refractivity contribution in [3.05, 3.63) is 42.0 Å². The number of anilines is 1. The molecular weight excluding hydrogens is 209 g/mol. The molecule has 0 fully saturated rings. The van der Waals surface area contributed by atoms with Crippen molar-refractivity contribution in [2.24, 2.45) is 0 Å². The van der Waals surface area contributed by atoms with E-state index in [2.05, 4.69) is 9.97 Å². The van der Waals surface area contributed by atoms with Crippen LogP contribution < -0.4 is 10.5 Å². The number of benzene rings is 1. The fourth-order valence-corrected chi connectivity index (χ4v) is 1.16. The summed E-state index contributed by atoms with van der Waals surface area (Å²) in [5.41, 5.74) is 6.69. The van der Waals surface area contributed by atoms with E-state index in [-0.39, 0.29) is 11.8 Å². The smallest absolute Gasteiger partial charge is 0.322 e. The van der Waals surface area contributed by atoms with Crippen LogP contribution in [-0.4, -0.2) is 9.97 Å². The molecule has 1 aromatic heterocycles. The number of nitrogens with zero attached hydrogens (tertiary/aromatic N) is 2. The third-order valence-corrected chi connectivity index (χ3v) is 2.00. The van der Waals surface area contributed by atoms with Gasteiger partial charge in [0.2, 0.25) is 0 Å². The SMILES string of the molecule is Cc1ccc(F)cc1Oc1ncc(N)cn1. The van der Waals surface area contributed by atoms with E-state index in [0.29, 0.717) is 11.4 Å². The van der Waals surface area contributed by atoms with Gasteiger partial charge in [-0.25, -0.2) is 14.4 Å². The molecule has 4 nitrogen and oxygen atoms in total. The number of ether oxygens (including phenoxy) is 1. The average Bonchev–Trinajstić information content (AvgIpc) is 2.27. The molecule has 0 aliphatic rings. The van der Waals surface area contributed by atoms with Gasteiger partial charge in [0.15, 0.2) is 0 Å². The van der Waals surface area contributed by atoms with Crippen LogP contribution in [0.5, 0.6) is 11.8 Å². The summed E-state index contributed by atoms with van der Waals surface area (Å²) < 4.78 is 18.3. The topological polar surface area (TPSA) is 61.0 Å². The summed E-state index contributed by atoms with van der Waals surface area (Å²) in [7, 11) is 0. The van der Waals surface area contributed by atoms with E-state index >= 15 is 0 Å². The highest BCUT2D eigenvalue weighted by atomic mass is 19.1. The number of aryl methyl sites for hydroxylation is 1. The van der Waals surface area contributed by atoms with Crippen molar-refractivity contribution in [1.29, 1.82) is 0 Å². The van der Waals surface area contributed by atoms with Crippen LogP contribution in [0.4, 0.5) is 10.1 Å². The first-order valence-electron chi connectivity index (χ1n) is 4.66. The molecule has 0 aliphatic heterocycles. The number of halogens is 1. The zero-order valence-corrected chi connectivity index (χ0v) is 8.64. The van der Waals surface area contributed by atoms with Crippen LogP contribution in [0.15, 0.2) is 30.6 Å². The largest absolute Gasteiger partial charge is 0.424 e. The van der Waals surface area contributed by atoms with Crippen LogP contribution in [0.3, 0.4) is 0 Å². The average molecular weight is 219 g/mol. The molecular formula is C11H10FN3O. The van der Waals surface area contributed by atoms with Gasteiger partial charge in [-0.2, -0.15) is 0 Å². The Hall–Kier alpha value is -2.17. The Balaban J connectivity index is 2.26. The maximum Gasteiger partial charge on any atom is 0.322 e. The molecule has 5 heteroatoms. The van der Waals surface area contributed by atoms with E-state index in [4.69, 9.17) is 10.5 Å². The van der Waals surface area contributed by atoms with Crippen LogP contribution in [0.25, 0.3) is 0 Å². The van der Waals surface area contributed by atoms with E-state index in [1.165, 1.54) is 24.5 Å². The van der Waals surface area contributed by atoms with Crippen molar-refractivity contribution in [3.8, 4) is 11.8 Å². The lowest BCUT2D eigenvalue weighted by molar-refractivity contribution is 0.435. The summed E-state index contributed by atoms with van der Waals surface area (Å²) in [6.45, 7) is 1.81. The first-order valence-corrected chi connectivity index (χ1v) is 4.66. The molecule has 0 unspecified atom stereocenters. The number of aromatic nitrogens is 2. The van der Waals surface area contributed by atoms with Crippen molar-refractivity contribution in [2.75, 3.05) is 5.73 Å². The zero-order chi connectivity index (χ0) is 11.5. The normalized spacial score (nSPS) is 10.1. The molecule has 16 heavy (non-hydrogen) atoms. The van der Waals surface area contributed by atoms with Crippen LogP contribution in [0.2, 0.25) is 0 Å². The van der Waals surface area contributed by atoms with Gasteiger partial charge in [0.25, 0.3) is 0 Å². The van der Waals surface area contributed by atoms with Gasteiger partial charge in [-0.1, -0.05) is 6.07 Å². The van der Waals surface area contributed by atoms with E-state index < -0.39 is 0 Å². The van der Waals surface area contributed by atoms with Gasteiger partial charge in [0.05, 0.1) is 18.1 Å². The molecule has 1 heterocycles. The number of rotatable bonds is 2. The van der Waals surface area contributed by atoms with Gasteiger partial charge in [-0.15, -0.1) is 0 Å². The fourth-order valence-electron chi connectivity index (χ4n) is 1.16. The first-order chi connectivity index (χ1) is 7.65. The minimum absolute atomic E-state index is 0.142. The molecule has 0 saturated carbocycles. The molecule has 2 N–H and O–H groups in total. The minimum Gasteiger partial charge on any atom is -0.424 e. The van der Waals surface area contributed by atoms with Crippen LogP contribution in [-0.2, 0) is 0 Å². The number of hydrogen-bond acceptors (Lipinski definition) is 4. The highest BCUT2D eigenvalue weighted by molar-refractivity contribution is 5.36. The van der Waals surface area contributed by atoms with Crippen LogP contribution >= 0.6 is 0 Å². The third-order valence-electron chi connectivity index (χ3n) is 2.00. The highest BCUT2D eigenvalue weighted by Crippen LogP contribution is 2.23. The summed E-state index contributed by atoms with van der Waals surface area (Å²) in [4.78, 5) is 7.73. The van der Waals surface area contributed by atoms with Crippen molar-refractivity contribution in [2.45, 2.75) is 6.92 Å². The van der Waals surface area contributed by atoms with Gasteiger partial charge in [0, 0.05) is 6.07 Å². The Morgan fingerprint density at radius 2 is 1.94 bits per heavy atom. The van der Waals surface area contributed by atoms with Crippen LogP contribution in [0, 0.1) is 12.7 Å². The Labute approximate surface area is 91.9 Å². The molecule has 0 aliphatic carbocycles. The Kier molecular flexibility index (Phi) is 2.68. The molecule has 2 rings (SSSR count). The molecule has 0 atom stereocenters. The maximum atomic E-state index is 13.0. The van der Waals surface area contributed by atoms with Gasteiger partial charge in [-0.05, 0) is 18.6 Å². The zero-order valence-electron chi connectivity index (χ0n) is 8.64. The summed E-state index contributed by atoms with van der Waals surface area (Å²) >= 11 is 0. The van der Waals surface area contributed by atoms with E-state index in [1.54, 1.807) is 6.07 Å². The van der Waals surface area contributed by atoms with Gasteiger partial charge < -0.3 is 10.5 Å². The van der Waals surface area contributed by atoms with E-state index in [9.17, 15) is 4.39 Å². The van der Waals surface area contributed by atoms with Gasteiger partial charge >= 0.3 is 6.01 Å². The Bertz CT molecular complexity index is 499.